The predicted molar refractivity (Wildman–Crippen MR) is 108 cm³/mol. The molecule has 0 spiro atoms. The van der Waals surface area contributed by atoms with Crippen LogP contribution in [0.4, 0.5) is 5.69 Å². The fraction of sp³-hybridized carbons (Fsp3) is 0.158. The van der Waals surface area contributed by atoms with Crippen LogP contribution < -0.4 is 4.72 Å². The number of carbonyl (C=O) groups is 1. The zero-order chi connectivity index (χ0) is 19.4. The minimum Gasteiger partial charge on any atom is -0.295 e. The summed E-state index contributed by atoms with van der Waals surface area (Å²) in [5, 5.41) is 0.390. The predicted octanol–water partition coefficient (Wildman–Crippen LogP) is 3.61. The van der Waals surface area contributed by atoms with Gasteiger partial charge in [0.15, 0.2) is 10.9 Å². The molecule has 0 saturated heterocycles. The molecule has 0 bridgehead atoms. The molecule has 1 N–H and O–H groups in total. The molecule has 1 heterocycles. The van der Waals surface area contributed by atoms with Crippen molar-refractivity contribution < 1.29 is 13.2 Å². The number of nitrogens with zero attached hydrogens (tertiary/aromatic N) is 2. The minimum atomic E-state index is -3.34. The second-order valence-electron chi connectivity index (χ2n) is 5.99. The maximum atomic E-state index is 12.7. The summed E-state index contributed by atoms with van der Waals surface area (Å²) in [5.74, 6) is -0.0477. The molecule has 0 aliphatic carbocycles. The number of anilines is 1. The molecule has 6 nitrogen and oxygen atoms in total. The van der Waals surface area contributed by atoms with E-state index >= 15 is 0 Å². The van der Waals surface area contributed by atoms with Crippen LogP contribution in [0.5, 0.6) is 0 Å². The number of rotatable bonds is 7. The molecule has 0 amide bonds. The molecule has 27 heavy (non-hydrogen) atoms. The zero-order valence-electron chi connectivity index (χ0n) is 14.9. The van der Waals surface area contributed by atoms with Crippen molar-refractivity contribution in [2.45, 2.75) is 17.3 Å². The van der Waals surface area contributed by atoms with E-state index in [-0.39, 0.29) is 11.0 Å². The number of ketones is 1. The maximum Gasteiger partial charge on any atom is 0.229 e. The lowest BCUT2D eigenvalue weighted by Crippen LogP contribution is -2.15. The number of benzene rings is 2. The number of nitrogens with one attached hydrogen (secondary N) is 1. The Hall–Kier alpha value is -2.58. The number of aromatic nitrogens is 2. The molecule has 3 aromatic rings. The number of hydrogen-bond donors (Lipinski definition) is 1. The van der Waals surface area contributed by atoms with Gasteiger partial charge in [-0.05, 0) is 43.3 Å². The monoisotopic (exact) mass is 401 g/mol. The van der Waals surface area contributed by atoms with Crippen LogP contribution in [0.15, 0.2) is 72.1 Å². The van der Waals surface area contributed by atoms with Gasteiger partial charge in [0.25, 0.3) is 0 Å². The van der Waals surface area contributed by atoms with Gasteiger partial charge >= 0.3 is 0 Å². The van der Waals surface area contributed by atoms with Crippen molar-refractivity contribution in [3.8, 4) is 5.69 Å². The van der Waals surface area contributed by atoms with Gasteiger partial charge in [0, 0.05) is 29.3 Å². The van der Waals surface area contributed by atoms with E-state index in [9.17, 15) is 13.2 Å². The molecule has 140 valence electrons. The van der Waals surface area contributed by atoms with Crippen LogP contribution in [0.25, 0.3) is 5.69 Å². The quantitative estimate of drug-likeness (QED) is 0.483. The molecule has 0 radical (unpaired) electrons. The summed E-state index contributed by atoms with van der Waals surface area (Å²) in [7, 11) is -3.34. The Balaban J connectivity index is 1.73. The summed E-state index contributed by atoms with van der Waals surface area (Å²) >= 11 is 1.38. The number of imidazole rings is 1. The Labute approximate surface area is 162 Å². The van der Waals surface area contributed by atoms with E-state index in [0.29, 0.717) is 11.3 Å². The number of hydrogen-bond acceptors (Lipinski definition) is 5. The van der Waals surface area contributed by atoms with E-state index < -0.39 is 10.0 Å². The van der Waals surface area contributed by atoms with Crippen LogP contribution in [-0.4, -0.2) is 35.3 Å². The van der Waals surface area contributed by atoms with Crippen molar-refractivity contribution in [1.29, 1.82) is 0 Å². The molecular formula is C19H19N3O3S2. The molecule has 1 aromatic heterocycles. The summed E-state index contributed by atoms with van der Waals surface area (Å²) in [6.45, 7) is 1.83. The number of sulfonamides is 1. The first-order valence-electron chi connectivity index (χ1n) is 8.21. The lowest BCUT2D eigenvalue weighted by Gasteiger charge is -2.12. The van der Waals surface area contributed by atoms with Gasteiger partial charge in [-0.3, -0.25) is 14.1 Å². The van der Waals surface area contributed by atoms with E-state index in [1.54, 1.807) is 30.5 Å². The molecule has 0 aliphatic heterocycles. The first-order chi connectivity index (χ1) is 12.8. The van der Waals surface area contributed by atoms with Gasteiger partial charge in [-0.2, -0.15) is 0 Å². The van der Waals surface area contributed by atoms with Crippen molar-refractivity contribution in [3.63, 3.8) is 0 Å². The zero-order valence-corrected chi connectivity index (χ0v) is 16.5. The SMILES string of the molecule is C[C@H](Sc1nccn1-c1ccccc1)C(=O)c1ccc(NS(C)(=O)=O)cc1. The second kappa shape index (κ2) is 7.98. The van der Waals surface area contributed by atoms with Crippen LogP contribution in [0.3, 0.4) is 0 Å². The third kappa shape index (κ3) is 4.99. The highest BCUT2D eigenvalue weighted by Crippen LogP contribution is 2.27. The first kappa shape index (κ1) is 19.2. The molecule has 1 atom stereocenters. The van der Waals surface area contributed by atoms with E-state index in [1.807, 2.05) is 48.0 Å². The Morgan fingerprint density at radius 3 is 2.41 bits per heavy atom. The summed E-state index contributed by atoms with van der Waals surface area (Å²) in [6.07, 6.45) is 4.65. The van der Waals surface area contributed by atoms with Crippen LogP contribution in [0.1, 0.15) is 17.3 Å². The van der Waals surface area contributed by atoms with E-state index in [4.69, 9.17) is 0 Å². The van der Waals surface area contributed by atoms with Crippen molar-refractivity contribution in [2.24, 2.45) is 0 Å². The highest BCUT2D eigenvalue weighted by Gasteiger charge is 2.19. The lowest BCUT2D eigenvalue weighted by molar-refractivity contribution is 0.0994. The van der Waals surface area contributed by atoms with Gasteiger partial charge in [-0.1, -0.05) is 30.0 Å². The highest BCUT2D eigenvalue weighted by atomic mass is 32.2. The van der Waals surface area contributed by atoms with E-state index in [1.165, 1.54) is 11.8 Å². The molecule has 0 saturated carbocycles. The standard InChI is InChI=1S/C19H19N3O3S2/c1-14(18(23)15-8-10-16(11-9-15)21-27(2,24)25)26-19-20-12-13-22(19)17-6-4-3-5-7-17/h3-14,21H,1-2H3/t14-/m0/s1. The fourth-order valence-electron chi connectivity index (χ4n) is 2.52. The maximum absolute atomic E-state index is 12.7. The van der Waals surface area contributed by atoms with Crippen LogP contribution in [-0.2, 0) is 10.0 Å². The van der Waals surface area contributed by atoms with Gasteiger partial charge in [0.1, 0.15) is 0 Å². The normalized spacial score (nSPS) is 12.5. The van der Waals surface area contributed by atoms with Crippen LogP contribution >= 0.6 is 11.8 Å². The molecule has 3 rings (SSSR count). The van der Waals surface area contributed by atoms with Gasteiger partial charge < -0.3 is 0 Å². The number of carbonyl (C=O) groups excluding carboxylic acids is 1. The topological polar surface area (TPSA) is 81.1 Å². The molecule has 8 heteroatoms. The largest absolute Gasteiger partial charge is 0.295 e. The average Bonchev–Trinajstić information content (AvgIpc) is 3.09. The van der Waals surface area contributed by atoms with Gasteiger partial charge in [0.2, 0.25) is 10.0 Å². The highest BCUT2D eigenvalue weighted by molar-refractivity contribution is 8.00. The number of Topliss-reactive ketones (excluding diaryl/α,β-unsaturated/α-hetero) is 1. The Morgan fingerprint density at radius 1 is 1.11 bits per heavy atom. The van der Waals surface area contributed by atoms with Gasteiger partial charge in [-0.15, -0.1) is 0 Å². The van der Waals surface area contributed by atoms with Crippen molar-refractivity contribution in [1.82, 2.24) is 9.55 Å². The lowest BCUT2D eigenvalue weighted by atomic mass is 10.1. The van der Waals surface area contributed by atoms with Gasteiger partial charge in [0.05, 0.1) is 11.5 Å². The summed E-state index contributed by atoms with van der Waals surface area (Å²) in [4.78, 5) is 17.1. The Bertz CT molecular complexity index is 1030. The average molecular weight is 402 g/mol. The molecule has 0 fully saturated rings. The van der Waals surface area contributed by atoms with E-state index in [0.717, 1.165) is 17.1 Å². The number of para-hydroxylation sites is 1. The van der Waals surface area contributed by atoms with Crippen molar-refractivity contribution in [3.05, 3.63) is 72.6 Å². The van der Waals surface area contributed by atoms with E-state index in [2.05, 4.69) is 9.71 Å². The molecular weight excluding hydrogens is 382 g/mol. The van der Waals surface area contributed by atoms with Crippen LogP contribution in [0.2, 0.25) is 0 Å². The molecule has 2 aromatic carbocycles. The summed E-state index contributed by atoms with van der Waals surface area (Å²) < 4.78 is 26.8. The third-order valence-corrected chi connectivity index (χ3v) is 5.45. The van der Waals surface area contributed by atoms with Crippen LogP contribution in [0, 0.1) is 0 Å². The molecule has 0 aliphatic rings. The Kier molecular flexibility index (Phi) is 5.67. The van der Waals surface area contributed by atoms with Crippen molar-refractivity contribution >= 4 is 33.3 Å². The fourth-order valence-corrected chi connectivity index (χ4v) is 4.05. The summed E-state index contributed by atoms with van der Waals surface area (Å²) in [5.41, 5.74) is 1.93. The smallest absolute Gasteiger partial charge is 0.229 e. The Morgan fingerprint density at radius 2 is 1.78 bits per heavy atom. The molecule has 0 unspecified atom stereocenters. The second-order valence-corrected chi connectivity index (χ2v) is 9.05. The van der Waals surface area contributed by atoms with Crippen molar-refractivity contribution in [2.75, 3.05) is 11.0 Å². The first-order valence-corrected chi connectivity index (χ1v) is 11.0. The third-order valence-electron chi connectivity index (χ3n) is 3.77. The number of thioether (sulfide) groups is 1. The summed E-state index contributed by atoms with van der Waals surface area (Å²) in [6, 6.07) is 16.2. The van der Waals surface area contributed by atoms with Gasteiger partial charge in [-0.25, -0.2) is 13.4 Å². The minimum absolute atomic E-state index is 0.0477.